The van der Waals surface area contributed by atoms with E-state index < -0.39 is 12.1 Å². The van der Waals surface area contributed by atoms with Gasteiger partial charge < -0.3 is 14.4 Å². The van der Waals surface area contributed by atoms with E-state index in [1.807, 2.05) is 0 Å². The quantitative estimate of drug-likeness (QED) is 0.816. The summed E-state index contributed by atoms with van der Waals surface area (Å²) in [5.74, 6) is -0.857. The molecule has 98 valence electrons. The van der Waals surface area contributed by atoms with E-state index in [1.165, 1.54) is 0 Å². The average molecular weight is 261 g/mol. The van der Waals surface area contributed by atoms with Crippen molar-refractivity contribution in [1.82, 2.24) is 4.90 Å². The Hall–Kier alpha value is -1.92. The molecular weight excluding hydrogens is 251 g/mol. The molecule has 0 aromatic heterocycles. The number of rotatable bonds is 2. The monoisotopic (exact) mass is 261 g/mol. The molecule has 1 aromatic carbocycles. The highest BCUT2D eigenvalue weighted by Crippen LogP contribution is 2.33. The first kappa shape index (κ1) is 12.5. The topological polar surface area (TPSA) is 38.8 Å². The number of alkyl halides is 3. The van der Waals surface area contributed by atoms with Gasteiger partial charge in [-0.3, -0.25) is 4.79 Å². The van der Waals surface area contributed by atoms with E-state index in [4.69, 9.17) is 9.47 Å². The van der Waals surface area contributed by atoms with E-state index in [9.17, 15) is 18.0 Å². The minimum Gasteiger partial charge on any atom is -0.454 e. The van der Waals surface area contributed by atoms with E-state index in [0.717, 1.165) is 7.05 Å². The molecule has 7 heteroatoms. The van der Waals surface area contributed by atoms with Gasteiger partial charge in [-0.25, -0.2) is 0 Å². The first-order chi connectivity index (χ1) is 8.38. The molecule has 18 heavy (non-hydrogen) atoms. The van der Waals surface area contributed by atoms with Crippen LogP contribution in [0.15, 0.2) is 18.2 Å². The van der Waals surface area contributed by atoms with Gasteiger partial charge in [-0.05, 0) is 17.7 Å². The predicted molar refractivity (Wildman–Crippen MR) is 55.1 cm³/mol. The summed E-state index contributed by atoms with van der Waals surface area (Å²) >= 11 is 0. The fraction of sp³-hybridized carbons (Fsp3) is 0.364. The molecule has 0 aliphatic carbocycles. The number of fused-ring (bicyclic) bond motifs is 1. The largest absolute Gasteiger partial charge is 0.471 e. The lowest BCUT2D eigenvalue weighted by molar-refractivity contribution is -0.184. The third-order valence-electron chi connectivity index (χ3n) is 2.45. The normalized spacial score (nSPS) is 13.6. The Morgan fingerprint density at radius 3 is 2.67 bits per heavy atom. The Kier molecular flexibility index (Phi) is 3.06. The molecule has 0 N–H and O–H groups in total. The van der Waals surface area contributed by atoms with Gasteiger partial charge in [-0.1, -0.05) is 6.07 Å². The summed E-state index contributed by atoms with van der Waals surface area (Å²) in [6, 6.07) is 4.75. The zero-order valence-corrected chi connectivity index (χ0v) is 9.45. The Morgan fingerprint density at radius 1 is 1.33 bits per heavy atom. The molecule has 1 aromatic rings. The number of carbonyl (C=O) groups excluding carboxylic acids is 1. The highest BCUT2D eigenvalue weighted by atomic mass is 19.4. The maximum atomic E-state index is 12.2. The van der Waals surface area contributed by atoms with Crippen LogP contribution in [0.4, 0.5) is 13.2 Å². The number of hydrogen-bond acceptors (Lipinski definition) is 3. The maximum absolute atomic E-state index is 12.2. The summed E-state index contributed by atoms with van der Waals surface area (Å²) in [7, 11) is 1.10. The van der Waals surface area contributed by atoms with Crippen molar-refractivity contribution in [3.05, 3.63) is 23.8 Å². The van der Waals surface area contributed by atoms with Gasteiger partial charge in [0.15, 0.2) is 11.5 Å². The van der Waals surface area contributed by atoms with Crippen molar-refractivity contribution in [2.24, 2.45) is 0 Å². The second-order valence-corrected chi connectivity index (χ2v) is 3.85. The maximum Gasteiger partial charge on any atom is 0.471 e. The van der Waals surface area contributed by atoms with E-state index in [-0.39, 0.29) is 13.3 Å². The van der Waals surface area contributed by atoms with Crippen LogP contribution in [0.5, 0.6) is 11.5 Å². The van der Waals surface area contributed by atoms with E-state index in [2.05, 4.69) is 0 Å². The van der Waals surface area contributed by atoms with Gasteiger partial charge in [-0.2, -0.15) is 13.2 Å². The molecular formula is C11H10F3NO3. The van der Waals surface area contributed by atoms with Gasteiger partial charge in [0.2, 0.25) is 6.79 Å². The number of ether oxygens (including phenoxy) is 2. The van der Waals surface area contributed by atoms with Gasteiger partial charge in [-0.15, -0.1) is 0 Å². The molecule has 0 atom stereocenters. The van der Waals surface area contributed by atoms with Crippen molar-refractivity contribution >= 4 is 5.91 Å². The Bertz CT molecular complexity index is 473. The van der Waals surface area contributed by atoms with Crippen LogP contribution in [0.2, 0.25) is 0 Å². The van der Waals surface area contributed by atoms with Crippen LogP contribution < -0.4 is 9.47 Å². The Morgan fingerprint density at radius 2 is 2.00 bits per heavy atom. The number of hydrogen-bond donors (Lipinski definition) is 0. The summed E-state index contributed by atoms with van der Waals surface area (Å²) in [6.45, 7) is -0.0505. The summed E-state index contributed by atoms with van der Waals surface area (Å²) in [6.07, 6.45) is -4.86. The minimum atomic E-state index is -4.86. The molecule has 0 unspecified atom stereocenters. The van der Waals surface area contributed by atoms with Gasteiger partial charge >= 0.3 is 12.1 Å². The van der Waals surface area contributed by atoms with Crippen molar-refractivity contribution in [1.29, 1.82) is 0 Å². The van der Waals surface area contributed by atoms with Crippen molar-refractivity contribution in [2.75, 3.05) is 13.8 Å². The number of halogens is 3. The molecule has 1 amide bonds. The highest BCUT2D eigenvalue weighted by molar-refractivity contribution is 5.81. The number of nitrogens with zero attached hydrogens (tertiary/aromatic N) is 1. The van der Waals surface area contributed by atoms with Crippen LogP contribution in [0.1, 0.15) is 5.56 Å². The molecule has 1 heterocycles. The fourth-order valence-corrected chi connectivity index (χ4v) is 1.60. The number of carbonyl (C=O) groups is 1. The van der Waals surface area contributed by atoms with Crippen molar-refractivity contribution < 1.29 is 27.4 Å². The molecule has 2 rings (SSSR count). The number of benzene rings is 1. The molecule has 1 aliphatic heterocycles. The lowest BCUT2D eigenvalue weighted by Crippen LogP contribution is -2.37. The van der Waals surface area contributed by atoms with Crippen molar-refractivity contribution in [2.45, 2.75) is 12.7 Å². The van der Waals surface area contributed by atoms with Gasteiger partial charge in [0, 0.05) is 13.6 Å². The fourth-order valence-electron chi connectivity index (χ4n) is 1.60. The third kappa shape index (κ3) is 2.49. The highest BCUT2D eigenvalue weighted by Gasteiger charge is 2.41. The van der Waals surface area contributed by atoms with Crippen LogP contribution in [-0.4, -0.2) is 30.8 Å². The predicted octanol–water partition coefficient (Wildman–Crippen LogP) is 1.94. The van der Waals surface area contributed by atoms with Crippen LogP contribution in [0.3, 0.4) is 0 Å². The molecule has 0 saturated heterocycles. The van der Waals surface area contributed by atoms with Crippen molar-refractivity contribution in [3.63, 3.8) is 0 Å². The Labute approximate surface area is 101 Å². The zero-order valence-electron chi connectivity index (χ0n) is 9.45. The Balaban J connectivity index is 2.08. The van der Waals surface area contributed by atoms with E-state index in [0.29, 0.717) is 22.0 Å². The van der Waals surface area contributed by atoms with Gasteiger partial charge in [0.05, 0.1) is 0 Å². The summed E-state index contributed by atoms with van der Waals surface area (Å²) in [4.78, 5) is 11.6. The second-order valence-electron chi connectivity index (χ2n) is 3.85. The van der Waals surface area contributed by atoms with Crippen LogP contribution in [0, 0.1) is 0 Å². The molecule has 0 fully saturated rings. The summed E-state index contributed by atoms with van der Waals surface area (Å²) < 4.78 is 46.7. The second kappa shape index (κ2) is 4.40. The minimum absolute atomic E-state index is 0.0934. The molecule has 0 saturated carbocycles. The molecule has 4 nitrogen and oxygen atoms in total. The lowest BCUT2D eigenvalue weighted by atomic mass is 10.2. The van der Waals surface area contributed by atoms with Gasteiger partial charge in [0.25, 0.3) is 0 Å². The molecule has 1 aliphatic rings. The number of amides is 1. The van der Waals surface area contributed by atoms with E-state index in [1.54, 1.807) is 18.2 Å². The third-order valence-corrected chi connectivity index (χ3v) is 2.45. The zero-order chi connectivity index (χ0) is 13.3. The molecule has 0 spiro atoms. The standard InChI is InChI=1S/C11H10F3NO3/c1-15(10(16)11(12,13)14)5-7-2-3-8-9(4-7)18-6-17-8/h2-4H,5-6H2,1H3. The van der Waals surface area contributed by atoms with Crippen LogP contribution >= 0.6 is 0 Å². The first-order valence-corrected chi connectivity index (χ1v) is 5.09. The molecule has 0 bridgehead atoms. The van der Waals surface area contributed by atoms with Crippen molar-refractivity contribution in [3.8, 4) is 11.5 Å². The summed E-state index contributed by atoms with van der Waals surface area (Å²) in [5, 5.41) is 0. The first-order valence-electron chi connectivity index (χ1n) is 5.09. The average Bonchev–Trinajstić information content (AvgIpc) is 2.73. The molecule has 0 radical (unpaired) electrons. The smallest absolute Gasteiger partial charge is 0.454 e. The summed E-state index contributed by atoms with van der Waals surface area (Å²) in [5.41, 5.74) is 0.541. The van der Waals surface area contributed by atoms with Gasteiger partial charge in [0.1, 0.15) is 0 Å². The van der Waals surface area contributed by atoms with E-state index >= 15 is 0 Å². The van der Waals surface area contributed by atoms with Crippen LogP contribution in [0.25, 0.3) is 0 Å². The SMILES string of the molecule is CN(Cc1ccc2c(c1)OCO2)C(=O)C(F)(F)F. The van der Waals surface area contributed by atoms with Crippen LogP contribution in [-0.2, 0) is 11.3 Å². The lowest BCUT2D eigenvalue weighted by Gasteiger charge is -2.18.